The average Bonchev–Trinajstić information content (AvgIpc) is 3.27. The van der Waals surface area contributed by atoms with E-state index >= 15 is 0 Å². The van der Waals surface area contributed by atoms with Crippen LogP contribution in [0.3, 0.4) is 0 Å². The van der Waals surface area contributed by atoms with Crippen molar-refractivity contribution in [3.05, 3.63) is 40.5 Å². The number of aliphatic hydroxyl groups excluding tert-OH is 1. The van der Waals surface area contributed by atoms with E-state index in [1.54, 1.807) is 22.6 Å². The lowest BCUT2D eigenvalue weighted by Gasteiger charge is -2.25. The van der Waals surface area contributed by atoms with Gasteiger partial charge in [-0.1, -0.05) is 12.2 Å². The summed E-state index contributed by atoms with van der Waals surface area (Å²) in [6.45, 7) is 9.07. The maximum Gasteiger partial charge on any atom is 0.236 e. The average molecular weight is 539 g/mol. The van der Waals surface area contributed by atoms with Crippen molar-refractivity contribution in [3.8, 4) is 5.75 Å². The van der Waals surface area contributed by atoms with E-state index in [0.29, 0.717) is 24.5 Å². The minimum Gasteiger partial charge on any atom is -0.489 e. The quantitative estimate of drug-likeness (QED) is 0.269. The van der Waals surface area contributed by atoms with Gasteiger partial charge in [0, 0.05) is 35.8 Å². The lowest BCUT2D eigenvalue weighted by molar-refractivity contribution is -0.130. The number of amides is 1. The Morgan fingerprint density at radius 1 is 1.37 bits per heavy atom. The van der Waals surface area contributed by atoms with E-state index < -0.39 is 0 Å². The van der Waals surface area contributed by atoms with Crippen LogP contribution in [0.5, 0.6) is 5.75 Å². The van der Waals surface area contributed by atoms with Crippen LogP contribution in [0.15, 0.2) is 24.5 Å². The molecule has 5 N–H and O–H groups in total. The smallest absolute Gasteiger partial charge is 0.236 e. The van der Waals surface area contributed by atoms with Crippen molar-refractivity contribution in [3.63, 3.8) is 0 Å². The summed E-state index contributed by atoms with van der Waals surface area (Å²) in [4.78, 5) is 25.6. The number of rotatable bonds is 11. The molecule has 0 radical (unpaired) electrons. The van der Waals surface area contributed by atoms with Crippen LogP contribution < -0.4 is 21.1 Å². The van der Waals surface area contributed by atoms with Gasteiger partial charge in [-0.2, -0.15) is 0 Å². The number of aliphatic hydroxyl groups is 1. The summed E-state index contributed by atoms with van der Waals surface area (Å²) in [6, 6.07) is 4.06. The molecule has 0 aliphatic heterocycles. The zero-order valence-corrected chi connectivity index (χ0v) is 23.4. The number of nitrogen functional groups attached to an aromatic ring is 1. The molecule has 2 heterocycles. The van der Waals surface area contributed by atoms with E-state index in [1.165, 1.54) is 10.4 Å². The number of likely N-dealkylation sites (N-methyl/N-ethyl adjacent to an activating group) is 1. The molecule has 3 aromatic rings. The van der Waals surface area contributed by atoms with Gasteiger partial charge in [-0.3, -0.25) is 4.79 Å². The van der Waals surface area contributed by atoms with E-state index in [4.69, 9.17) is 10.5 Å². The van der Waals surface area contributed by atoms with Gasteiger partial charge in [0.1, 0.15) is 22.7 Å². The number of fused-ring (bicyclic) bond motifs is 3. The highest BCUT2D eigenvalue weighted by molar-refractivity contribution is 7.19. The third kappa shape index (κ3) is 6.25. The number of nitrogens with two attached hydrogens (primary N) is 1. The number of nitrogens with zero attached hydrogens (tertiary/aromatic N) is 3. The molecule has 10 heteroatoms. The van der Waals surface area contributed by atoms with Crippen LogP contribution in [0.4, 0.5) is 17.2 Å². The molecule has 0 fully saturated rings. The summed E-state index contributed by atoms with van der Waals surface area (Å²) >= 11 is 1.69. The van der Waals surface area contributed by atoms with E-state index in [-0.39, 0.29) is 31.2 Å². The molecule has 38 heavy (non-hydrogen) atoms. The molecule has 0 saturated heterocycles. The van der Waals surface area contributed by atoms with Crippen molar-refractivity contribution in [2.45, 2.75) is 59.1 Å². The fraction of sp³-hybridized carbons (Fsp3) is 0.464. The Bertz CT molecular complexity index is 1310. The summed E-state index contributed by atoms with van der Waals surface area (Å²) in [5, 5.41) is 17.2. The number of hydrogen-bond acceptors (Lipinski definition) is 9. The van der Waals surface area contributed by atoms with Crippen molar-refractivity contribution in [1.82, 2.24) is 20.2 Å². The summed E-state index contributed by atoms with van der Waals surface area (Å²) in [5.74, 6) is 1.44. The molecule has 4 rings (SSSR count). The highest BCUT2D eigenvalue weighted by Gasteiger charge is 2.26. The number of anilines is 3. The van der Waals surface area contributed by atoms with Gasteiger partial charge in [0.05, 0.1) is 30.3 Å². The lowest BCUT2D eigenvalue weighted by Crippen LogP contribution is -2.44. The third-order valence-electron chi connectivity index (χ3n) is 6.64. The SMILES string of the molecule is CC=Cc1cc(Nc2ncnc3sc4c(c23)CCC(NCC(=O)N(CC)CCO)C4)c(OC(C)C)cc1N. The van der Waals surface area contributed by atoms with Crippen LogP contribution in [0.25, 0.3) is 16.3 Å². The van der Waals surface area contributed by atoms with Crippen molar-refractivity contribution in [2.24, 2.45) is 0 Å². The first kappa shape index (κ1) is 27.8. The van der Waals surface area contributed by atoms with E-state index in [1.807, 2.05) is 52.0 Å². The van der Waals surface area contributed by atoms with Crippen LogP contribution in [-0.4, -0.2) is 64.3 Å². The van der Waals surface area contributed by atoms with Crippen LogP contribution >= 0.6 is 11.3 Å². The molecule has 1 aromatic carbocycles. The number of allylic oxidation sites excluding steroid dienone is 1. The van der Waals surface area contributed by atoms with Crippen LogP contribution in [-0.2, 0) is 17.6 Å². The number of carbonyl (C=O) groups excluding carboxylic acids is 1. The zero-order chi connectivity index (χ0) is 27.2. The topological polar surface area (TPSA) is 126 Å². The number of hydrogen-bond donors (Lipinski definition) is 4. The molecule has 0 spiro atoms. The van der Waals surface area contributed by atoms with Gasteiger partial charge >= 0.3 is 0 Å². The Labute approximate surface area is 228 Å². The fourth-order valence-electron chi connectivity index (χ4n) is 4.82. The molecular formula is C28H38N6O3S. The first-order chi connectivity index (χ1) is 18.3. The Kier molecular flexibility index (Phi) is 9.19. The number of carbonyl (C=O) groups is 1. The molecular weight excluding hydrogens is 500 g/mol. The minimum atomic E-state index is -0.0242. The highest BCUT2D eigenvalue weighted by atomic mass is 32.1. The molecule has 204 valence electrons. The fourth-order valence-corrected chi connectivity index (χ4v) is 6.08. The first-order valence-electron chi connectivity index (χ1n) is 13.2. The Morgan fingerprint density at radius 2 is 2.18 bits per heavy atom. The summed E-state index contributed by atoms with van der Waals surface area (Å²) < 4.78 is 6.08. The number of benzene rings is 1. The van der Waals surface area contributed by atoms with Gasteiger partial charge in [0.2, 0.25) is 5.91 Å². The predicted octanol–water partition coefficient (Wildman–Crippen LogP) is 4.13. The monoisotopic (exact) mass is 538 g/mol. The van der Waals surface area contributed by atoms with Crippen molar-refractivity contribution < 1.29 is 14.6 Å². The van der Waals surface area contributed by atoms with Crippen LogP contribution in [0.1, 0.15) is 50.1 Å². The first-order valence-corrected chi connectivity index (χ1v) is 14.0. The van der Waals surface area contributed by atoms with Crippen LogP contribution in [0, 0.1) is 0 Å². The van der Waals surface area contributed by atoms with Crippen molar-refractivity contribution >= 4 is 50.7 Å². The minimum absolute atomic E-state index is 0.00815. The van der Waals surface area contributed by atoms with Crippen molar-refractivity contribution in [1.29, 1.82) is 0 Å². The van der Waals surface area contributed by atoms with Gasteiger partial charge in [0.15, 0.2) is 0 Å². The van der Waals surface area contributed by atoms with E-state index in [2.05, 4.69) is 20.6 Å². The third-order valence-corrected chi connectivity index (χ3v) is 7.80. The van der Waals surface area contributed by atoms with Gasteiger partial charge < -0.3 is 31.1 Å². The van der Waals surface area contributed by atoms with Gasteiger partial charge in [0.25, 0.3) is 0 Å². The normalized spacial score (nSPS) is 15.3. The second kappa shape index (κ2) is 12.6. The zero-order valence-electron chi connectivity index (χ0n) is 22.6. The van der Waals surface area contributed by atoms with Crippen LogP contribution in [0.2, 0.25) is 0 Å². The molecule has 0 bridgehead atoms. The number of nitrogens with one attached hydrogen (secondary N) is 2. The number of aromatic nitrogens is 2. The van der Waals surface area contributed by atoms with Gasteiger partial charge in [-0.15, -0.1) is 11.3 Å². The summed E-state index contributed by atoms with van der Waals surface area (Å²) in [6.07, 6.45) is 8.15. The molecule has 2 aromatic heterocycles. The highest BCUT2D eigenvalue weighted by Crippen LogP contribution is 2.41. The molecule has 1 unspecified atom stereocenters. The second-order valence-corrected chi connectivity index (χ2v) is 10.8. The summed E-state index contributed by atoms with van der Waals surface area (Å²) in [7, 11) is 0. The predicted molar refractivity (Wildman–Crippen MR) is 155 cm³/mol. The van der Waals surface area contributed by atoms with E-state index in [9.17, 15) is 9.90 Å². The molecule has 1 atom stereocenters. The molecule has 1 aliphatic rings. The van der Waals surface area contributed by atoms with Gasteiger partial charge in [-0.05, 0) is 64.2 Å². The number of thiophene rings is 1. The van der Waals surface area contributed by atoms with Gasteiger partial charge in [-0.25, -0.2) is 9.97 Å². The number of ether oxygens (including phenoxy) is 1. The van der Waals surface area contributed by atoms with E-state index in [0.717, 1.165) is 46.5 Å². The molecule has 9 nitrogen and oxygen atoms in total. The maximum atomic E-state index is 12.5. The Hall–Kier alpha value is -3.21. The maximum absolute atomic E-state index is 12.5. The van der Waals surface area contributed by atoms with Crippen molar-refractivity contribution in [2.75, 3.05) is 37.3 Å². The molecule has 1 amide bonds. The largest absolute Gasteiger partial charge is 0.489 e. The Balaban J connectivity index is 1.58. The lowest BCUT2D eigenvalue weighted by atomic mass is 9.93. The molecule has 1 aliphatic carbocycles. The Morgan fingerprint density at radius 3 is 2.89 bits per heavy atom. The molecule has 0 saturated carbocycles. The summed E-state index contributed by atoms with van der Waals surface area (Å²) in [5.41, 5.74) is 9.92. The second-order valence-electron chi connectivity index (χ2n) is 9.69. The standard InChI is InChI=1S/C28H38N6O3S/c1-5-7-18-12-22(23(14-21(18)29)37-17(3)4)33-27-26-20-9-8-19(13-24(20)38-28(26)32-16-31-27)30-15-25(36)34(6-2)10-11-35/h5,7,12,14,16-17,19,30,35H,6,8-11,13,15,29H2,1-4H3,(H,31,32,33). The number of aryl methyl sites for hydroxylation is 1.